The molecule has 0 aromatic heterocycles. The van der Waals surface area contributed by atoms with Gasteiger partial charge < -0.3 is 14.4 Å². The van der Waals surface area contributed by atoms with E-state index in [9.17, 15) is 4.79 Å². The van der Waals surface area contributed by atoms with E-state index in [0.717, 1.165) is 55.8 Å². The van der Waals surface area contributed by atoms with Crippen molar-refractivity contribution in [2.45, 2.75) is 25.7 Å². The van der Waals surface area contributed by atoms with Crippen LogP contribution in [0.25, 0.3) is 6.08 Å². The second-order valence-corrected chi connectivity index (χ2v) is 5.99. The van der Waals surface area contributed by atoms with E-state index in [4.69, 9.17) is 9.47 Å². The molecule has 1 aliphatic carbocycles. The molecule has 2 aliphatic rings. The Morgan fingerprint density at radius 3 is 2.48 bits per heavy atom. The van der Waals surface area contributed by atoms with Crippen molar-refractivity contribution in [1.82, 2.24) is 4.90 Å². The van der Waals surface area contributed by atoms with Crippen LogP contribution < -0.4 is 9.47 Å². The Labute approximate surface area is 137 Å². The maximum absolute atomic E-state index is 12.1. The van der Waals surface area contributed by atoms with E-state index in [0.29, 0.717) is 0 Å². The lowest BCUT2D eigenvalue weighted by atomic mass is 9.91. The summed E-state index contributed by atoms with van der Waals surface area (Å²) in [5.74, 6) is 1.63. The maximum atomic E-state index is 12.1. The molecule has 0 unspecified atom stereocenters. The zero-order valence-corrected chi connectivity index (χ0v) is 13.8. The molecule has 0 bridgehead atoms. The molecule has 0 spiro atoms. The number of hydrogen-bond acceptors (Lipinski definition) is 3. The van der Waals surface area contributed by atoms with Crippen LogP contribution in [-0.4, -0.2) is 38.1 Å². The topological polar surface area (TPSA) is 38.8 Å². The quantitative estimate of drug-likeness (QED) is 0.801. The zero-order valence-electron chi connectivity index (χ0n) is 13.8. The Morgan fingerprint density at radius 1 is 1.09 bits per heavy atom. The molecule has 0 N–H and O–H groups in total. The standard InChI is InChI=1S/C19H23NO3/c1-22-17-12-15-7-5-14(11-16(15)13-18(17)23-2)6-8-19(21)20-9-3-4-10-20/h6,8,11-13H,3-5,7,9-10H2,1-2H3. The number of likely N-dealkylation sites (tertiary alicyclic amines) is 1. The zero-order chi connectivity index (χ0) is 16.2. The fourth-order valence-electron chi connectivity index (χ4n) is 3.19. The summed E-state index contributed by atoms with van der Waals surface area (Å²) >= 11 is 0. The fraction of sp³-hybridized carbons (Fsp3) is 0.421. The number of aryl methyl sites for hydroxylation is 1. The first-order valence-electron chi connectivity index (χ1n) is 8.13. The van der Waals surface area contributed by atoms with Crippen LogP contribution in [0.4, 0.5) is 0 Å². The van der Waals surface area contributed by atoms with E-state index in [2.05, 4.69) is 6.08 Å². The summed E-state index contributed by atoms with van der Waals surface area (Å²) in [5.41, 5.74) is 3.57. The van der Waals surface area contributed by atoms with Crippen molar-refractivity contribution in [3.05, 3.63) is 41.0 Å². The van der Waals surface area contributed by atoms with E-state index >= 15 is 0 Å². The third-order valence-corrected chi connectivity index (χ3v) is 4.53. The van der Waals surface area contributed by atoms with Gasteiger partial charge in [-0.2, -0.15) is 0 Å². The Kier molecular flexibility index (Phi) is 4.70. The summed E-state index contributed by atoms with van der Waals surface area (Å²) in [6.07, 6.45) is 9.93. The first-order valence-corrected chi connectivity index (χ1v) is 8.13. The van der Waals surface area contributed by atoms with Gasteiger partial charge in [0.1, 0.15) is 0 Å². The van der Waals surface area contributed by atoms with Gasteiger partial charge in [-0.15, -0.1) is 0 Å². The van der Waals surface area contributed by atoms with Gasteiger partial charge in [0.15, 0.2) is 11.5 Å². The predicted molar refractivity (Wildman–Crippen MR) is 90.8 cm³/mol. The molecule has 23 heavy (non-hydrogen) atoms. The lowest BCUT2D eigenvalue weighted by Crippen LogP contribution is -2.25. The van der Waals surface area contributed by atoms with Crippen LogP contribution in [0.15, 0.2) is 29.9 Å². The molecule has 4 nitrogen and oxygen atoms in total. The van der Waals surface area contributed by atoms with Gasteiger partial charge in [0.25, 0.3) is 0 Å². The molecule has 1 heterocycles. The molecule has 0 saturated carbocycles. The first-order chi connectivity index (χ1) is 11.2. The number of carbonyl (C=O) groups excluding carboxylic acids is 1. The van der Waals surface area contributed by atoms with Crippen LogP contribution in [0.2, 0.25) is 0 Å². The molecule has 1 amide bonds. The number of allylic oxidation sites excluding steroid dienone is 2. The van der Waals surface area contributed by atoms with Gasteiger partial charge in [-0.1, -0.05) is 12.2 Å². The minimum atomic E-state index is 0.126. The van der Waals surface area contributed by atoms with E-state index in [-0.39, 0.29) is 5.91 Å². The summed E-state index contributed by atoms with van der Waals surface area (Å²) < 4.78 is 10.7. The number of rotatable bonds is 4. The molecule has 122 valence electrons. The lowest BCUT2D eigenvalue weighted by Gasteiger charge is -2.18. The molecular weight excluding hydrogens is 290 g/mol. The minimum Gasteiger partial charge on any atom is -0.493 e. The SMILES string of the molecule is COc1cc2c(cc1OC)CCC(C=CC(=O)N1CCCC1)=C2. The number of ether oxygens (including phenoxy) is 2. The molecule has 0 radical (unpaired) electrons. The fourth-order valence-corrected chi connectivity index (χ4v) is 3.19. The van der Waals surface area contributed by atoms with Crippen molar-refractivity contribution < 1.29 is 14.3 Å². The molecule has 1 aromatic rings. The van der Waals surface area contributed by atoms with Gasteiger partial charge in [-0.25, -0.2) is 0 Å². The number of nitrogens with zero attached hydrogens (tertiary/aromatic N) is 1. The largest absolute Gasteiger partial charge is 0.493 e. The van der Waals surface area contributed by atoms with Gasteiger partial charge in [0.05, 0.1) is 14.2 Å². The van der Waals surface area contributed by atoms with E-state index in [1.807, 2.05) is 23.1 Å². The molecule has 1 aliphatic heterocycles. The highest BCUT2D eigenvalue weighted by Gasteiger charge is 2.17. The van der Waals surface area contributed by atoms with Gasteiger partial charge in [-0.3, -0.25) is 4.79 Å². The van der Waals surface area contributed by atoms with Gasteiger partial charge in [0, 0.05) is 19.2 Å². The monoisotopic (exact) mass is 313 g/mol. The normalized spacial score (nSPS) is 17.1. The number of amides is 1. The summed E-state index contributed by atoms with van der Waals surface area (Å²) in [5, 5.41) is 0. The average Bonchev–Trinajstić information content (AvgIpc) is 3.12. The first kappa shape index (κ1) is 15.7. The number of hydrogen-bond donors (Lipinski definition) is 0. The highest BCUT2D eigenvalue weighted by molar-refractivity contribution is 5.88. The highest BCUT2D eigenvalue weighted by atomic mass is 16.5. The lowest BCUT2D eigenvalue weighted by molar-refractivity contribution is -0.124. The number of carbonyl (C=O) groups is 1. The van der Waals surface area contributed by atoms with Crippen molar-refractivity contribution in [3.63, 3.8) is 0 Å². The molecule has 1 saturated heterocycles. The van der Waals surface area contributed by atoms with E-state index < -0.39 is 0 Å². The third kappa shape index (κ3) is 3.41. The molecule has 0 atom stereocenters. The van der Waals surface area contributed by atoms with Crippen LogP contribution in [0.5, 0.6) is 11.5 Å². The summed E-state index contributed by atoms with van der Waals surface area (Å²) in [4.78, 5) is 14.0. The molecule has 1 aromatic carbocycles. The van der Waals surface area contributed by atoms with Gasteiger partial charge in [0.2, 0.25) is 5.91 Å². The van der Waals surface area contributed by atoms with Gasteiger partial charge in [-0.05, 0) is 54.5 Å². The van der Waals surface area contributed by atoms with Gasteiger partial charge >= 0.3 is 0 Å². The van der Waals surface area contributed by atoms with Crippen molar-refractivity contribution in [3.8, 4) is 11.5 Å². The number of fused-ring (bicyclic) bond motifs is 1. The van der Waals surface area contributed by atoms with Crippen LogP contribution in [0.1, 0.15) is 30.4 Å². The minimum absolute atomic E-state index is 0.126. The molecular formula is C19H23NO3. The van der Waals surface area contributed by atoms with Crippen LogP contribution >= 0.6 is 0 Å². The predicted octanol–water partition coefficient (Wildman–Crippen LogP) is 3.21. The van der Waals surface area contributed by atoms with Crippen molar-refractivity contribution in [1.29, 1.82) is 0 Å². The van der Waals surface area contributed by atoms with Crippen molar-refractivity contribution >= 4 is 12.0 Å². The van der Waals surface area contributed by atoms with Crippen LogP contribution in [-0.2, 0) is 11.2 Å². The van der Waals surface area contributed by atoms with Crippen LogP contribution in [0, 0.1) is 0 Å². The smallest absolute Gasteiger partial charge is 0.246 e. The second-order valence-electron chi connectivity index (χ2n) is 5.99. The molecule has 1 fully saturated rings. The summed E-state index contributed by atoms with van der Waals surface area (Å²) in [6, 6.07) is 4.05. The summed E-state index contributed by atoms with van der Waals surface area (Å²) in [7, 11) is 3.30. The number of benzene rings is 1. The number of methoxy groups -OCH3 is 2. The Morgan fingerprint density at radius 2 is 1.78 bits per heavy atom. The highest BCUT2D eigenvalue weighted by Crippen LogP contribution is 2.35. The Balaban J connectivity index is 1.78. The third-order valence-electron chi connectivity index (χ3n) is 4.53. The average molecular weight is 313 g/mol. The molecule has 3 rings (SSSR count). The second kappa shape index (κ2) is 6.90. The van der Waals surface area contributed by atoms with Crippen molar-refractivity contribution in [2.24, 2.45) is 0 Å². The van der Waals surface area contributed by atoms with Crippen molar-refractivity contribution in [2.75, 3.05) is 27.3 Å². The maximum Gasteiger partial charge on any atom is 0.246 e. The molecule has 4 heteroatoms. The summed E-state index contributed by atoms with van der Waals surface area (Å²) in [6.45, 7) is 1.78. The van der Waals surface area contributed by atoms with E-state index in [1.165, 1.54) is 11.1 Å². The Bertz CT molecular complexity index is 655. The van der Waals surface area contributed by atoms with Crippen LogP contribution in [0.3, 0.4) is 0 Å². The Hall–Kier alpha value is -2.23. The van der Waals surface area contributed by atoms with E-state index in [1.54, 1.807) is 20.3 Å².